The van der Waals surface area contributed by atoms with Crippen molar-refractivity contribution < 1.29 is 19.4 Å². The van der Waals surface area contributed by atoms with Crippen LogP contribution in [-0.4, -0.2) is 30.4 Å². The van der Waals surface area contributed by atoms with Crippen LogP contribution in [0.3, 0.4) is 0 Å². The van der Waals surface area contributed by atoms with Crippen molar-refractivity contribution in [1.82, 2.24) is 0 Å². The summed E-state index contributed by atoms with van der Waals surface area (Å²) in [5, 5.41) is 9.14. The van der Waals surface area contributed by atoms with Crippen molar-refractivity contribution in [3.05, 3.63) is 29.8 Å². The molecule has 1 unspecified atom stereocenters. The van der Waals surface area contributed by atoms with Gasteiger partial charge in [0.05, 0.1) is 11.7 Å². The van der Waals surface area contributed by atoms with Gasteiger partial charge < -0.3 is 14.6 Å². The van der Waals surface area contributed by atoms with Gasteiger partial charge in [0.2, 0.25) is 0 Å². The molecule has 1 atom stereocenters. The molecule has 0 amide bonds. The third-order valence-corrected chi connectivity index (χ3v) is 2.95. The Morgan fingerprint density at radius 3 is 2.55 bits per heavy atom. The number of aromatic hydroxyl groups is 1. The van der Waals surface area contributed by atoms with Crippen molar-refractivity contribution >= 4 is 5.97 Å². The Balaban J connectivity index is 2.18. The molecule has 0 aliphatic heterocycles. The number of phenols is 1. The van der Waals surface area contributed by atoms with Crippen molar-refractivity contribution in [2.75, 3.05) is 13.2 Å². The van der Waals surface area contributed by atoms with E-state index in [0.29, 0.717) is 12.2 Å². The van der Waals surface area contributed by atoms with Crippen molar-refractivity contribution in [2.45, 2.75) is 45.6 Å². The Labute approximate surface area is 120 Å². The second kappa shape index (κ2) is 9.37. The number of carbonyl (C=O) groups is 1. The lowest BCUT2D eigenvalue weighted by molar-refractivity contribution is -0.00139. The molecule has 1 aromatic carbocycles. The number of rotatable bonds is 9. The van der Waals surface area contributed by atoms with Crippen LogP contribution >= 0.6 is 0 Å². The number of carbonyl (C=O) groups excluding carboxylic acids is 1. The van der Waals surface area contributed by atoms with Crippen molar-refractivity contribution in [1.29, 1.82) is 0 Å². The van der Waals surface area contributed by atoms with Crippen molar-refractivity contribution in [2.24, 2.45) is 0 Å². The van der Waals surface area contributed by atoms with Gasteiger partial charge in [-0.3, -0.25) is 0 Å². The van der Waals surface area contributed by atoms with E-state index in [1.54, 1.807) is 0 Å². The van der Waals surface area contributed by atoms with Gasteiger partial charge in [-0.15, -0.1) is 0 Å². The number of hydrogen-bond donors (Lipinski definition) is 1. The molecule has 20 heavy (non-hydrogen) atoms. The number of esters is 1. The van der Waals surface area contributed by atoms with E-state index in [1.165, 1.54) is 43.5 Å². The lowest BCUT2D eigenvalue weighted by atomic mass is 10.2. The molecule has 0 bridgehead atoms. The normalized spacial score (nSPS) is 12.1. The summed E-state index contributed by atoms with van der Waals surface area (Å²) < 4.78 is 10.7. The fourth-order valence-corrected chi connectivity index (χ4v) is 1.74. The monoisotopic (exact) mass is 280 g/mol. The third kappa shape index (κ3) is 6.57. The number of ether oxygens (including phenoxy) is 2. The maximum atomic E-state index is 11.7. The van der Waals surface area contributed by atoms with Gasteiger partial charge >= 0.3 is 5.97 Å². The highest BCUT2D eigenvalue weighted by Gasteiger charge is 2.10. The summed E-state index contributed by atoms with van der Waals surface area (Å²) in [6.07, 6.45) is 4.56. The number of hydrogen-bond acceptors (Lipinski definition) is 4. The highest BCUT2D eigenvalue weighted by atomic mass is 16.6. The standard InChI is InChI=1S/C16H24O4/c1-3-4-5-6-11-19-13(2)12-20-16(18)14-7-9-15(17)10-8-14/h7-10,13,17H,3-6,11-12H2,1-2H3. The first-order valence-electron chi connectivity index (χ1n) is 7.21. The molecule has 0 heterocycles. The van der Waals surface area contributed by atoms with Gasteiger partial charge in [-0.2, -0.15) is 0 Å². The minimum absolute atomic E-state index is 0.0994. The molecular weight excluding hydrogens is 256 g/mol. The molecule has 112 valence electrons. The highest BCUT2D eigenvalue weighted by Crippen LogP contribution is 2.11. The fraction of sp³-hybridized carbons (Fsp3) is 0.562. The molecule has 0 aliphatic carbocycles. The van der Waals surface area contributed by atoms with E-state index in [2.05, 4.69) is 6.92 Å². The molecule has 1 N–H and O–H groups in total. The molecule has 1 aromatic rings. The van der Waals surface area contributed by atoms with Gasteiger partial charge in [0.15, 0.2) is 0 Å². The molecule has 0 aromatic heterocycles. The minimum atomic E-state index is -0.397. The Morgan fingerprint density at radius 2 is 1.90 bits per heavy atom. The van der Waals surface area contributed by atoms with Crippen LogP contribution < -0.4 is 0 Å². The van der Waals surface area contributed by atoms with Crippen LogP contribution in [-0.2, 0) is 9.47 Å². The van der Waals surface area contributed by atoms with E-state index in [9.17, 15) is 4.79 Å². The number of benzene rings is 1. The van der Waals surface area contributed by atoms with E-state index in [1.807, 2.05) is 6.92 Å². The first-order valence-corrected chi connectivity index (χ1v) is 7.21. The summed E-state index contributed by atoms with van der Waals surface area (Å²) in [7, 11) is 0. The zero-order valence-corrected chi connectivity index (χ0v) is 12.3. The lowest BCUT2D eigenvalue weighted by Gasteiger charge is -2.13. The van der Waals surface area contributed by atoms with Crippen LogP contribution in [0.5, 0.6) is 5.75 Å². The smallest absolute Gasteiger partial charge is 0.338 e. The van der Waals surface area contributed by atoms with Gasteiger partial charge in [0.1, 0.15) is 12.4 Å². The van der Waals surface area contributed by atoms with E-state index in [4.69, 9.17) is 14.6 Å². The largest absolute Gasteiger partial charge is 0.508 e. The summed E-state index contributed by atoms with van der Waals surface area (Å²) >= 11 is 0. The minimum Gasteiger partial charge on any atom is -0.508 e. The first kappa shape index (κ1) is 16.5. The van der Waals surface area contributed by atoms with Gasteiger partial charge in [-0.05, 0) is 37.6 Å². The topological polar surface area (TPSA) is 55.8 Å². The summed E-state index contributed by atoms with van der Waals surface area (Å²) in [4.78, 5) is 11.7. The van der Waals surface area contributed by atoms with Crippen LogP contribution in [0.2, 0.25) is 0 Å². The van der Waals surface area contributed by atoms with Gasteiger partial charge in [-0.25, -0.2) is 4.79 Å². The highest BCUT2D eigenvalue weighted by molar-refractivity contribution is 5.89. The molecule has 0 saturated carbocycles. The lowest BCUT2D eigenvalue weighted by Crippen LogP contribution is -2.19. The second-order valence-electron chi connectivity index (χ2n) is 4.89. The zero-order chi connectivity index (χ0) is 14.8. The van der Waals surface area contributed by atoms with Gasteiger partial charge in [0, 0.05) is 6.61 Å². The molecule has 4 heteroatoms. The third-order valence-electron chi connectivity index (χ3n) is 2.95. The predicted molar refractivity (Wildman–Crippen MR) is 77.9 cm³/mol. The van der Waals surface area contributed by atoms with E-state index >= 15 is 0 Å². The fourth-order valence-electron chi connectivity index (χ4n) is 1.74. The molecule has 0 aliphatic rings. The average Bonchev–Trinajstić information content (AvgIpc) is 2.45. The van der Waals surface area contributed by atoms with E-state index < -0.39 is 5.97 Å². The molecule has 0 spiro atoms. The van der Waals surface area contributed by atoms with Gasteiger partial charge in [-0.1, -0.05) is 26.2 Å². The predicted octanol–water partition coefficient (Wildman–Crippen LogP) is 3.53. The Bertz CT molecular complexity index is 386. The Kier molecular flexibility index (Phi) is 7.73. The number of unbranched alkanes of at least 4 members (excludes halogenated alkanes) is 3. The molecule has 1 rings (SSSR count). The van der Waals surface area contributed by atoms with Gasteiger partial charge in [0.25, 0.3) is 0 Å². The summed E-state index contributed by atoms with van der Waals surface area (Å²) in [5.74, 6) is -0.267. The van der Waals surface area contributed by atoms with Crippen LogP contribution in [0.1, 0.15) is 49.9 Å². The number of phenolic OH excluding ortho intramolecular Hbond substituents is 1. The quantitative estimate of drug-likeness (QED) is 0.555. The van der Waals surface area contributed by atoms with Crippen LogP contribution in [0.25, 0.3) is 0 Å². The maximum absolute atomic E-state index is 11.7. The van der Waals surface area contributed by atoms with E-state index in [-0.39, 0.29) is 18.5 Å². The molecule has 0 radical (unpaired) electrons. The van der Waals surface area contributed by atoms with Crippen LogP contribution in [0, 0.1) is 0 Å². The first-order chi connectivity index (χ1) is 9.63. The second-order valence-corrected chi connectivity index (χ2v) is 4.89. The molecule has 0 fully saturated rings. The molecular formula is C16H24O4. The zero-order valence-electron chi connectivity index (χ0n) is 12.3. The maximum Gasteiger partial charge on any atom is 0.338 e. The van der Waals surface area contributed by atoms with Crippen LogP contribution in [0.4, 0.5) is 0 Å². The van der Waals surface area contributed by atoms with Crippen molar-refractivity contribution in [3.63, 3.8) is 0 Å². The summed E-state index contributed by atoms with van der Waals surface area (Å²) in [6, 6.07) is 6.00. The Morgan fingerprint density at radius 1 is 1.20 bits per heavy atom. The summed E-state index contributed by atoms with van der Waals surface area (Å²) in [6.45, 7) is 5.02. The van der Waals surface area contributed by atoms with Crippen molar-refractivity contribution in [3.8, 4) is 5.75 Å². The van der Waals surface area contributed by atoms with E-state index in [0.717, 1.165) is 6.42 Å². The average molecular weight is 280 g/mol. The molecule has 4 nitrogen and oxygen atoms in total. The molecule has 0 saturated heterocycles. The SMILES string of the molecule is CCCCCCOC(C)COC(=O)c1ccc(O)cc1. The van der Waals surface area contributed by atoms with Crippen LogP contribution in [0.15, 0.2) is 24.3 Å². The summed E-state index contributed by atoms with van der Waals surface area (Å²) in [5.41, 5.74) is 0.429. The Hall–Kier alpha value is -1.55.